The van der Waals surface area contributed by atoms with Gasteiger partial charge in [-0.05, 0) is 51.3 Å². The largest absolute Gasteiger partial charge is 0.354 e. The van der Waals surface area contributed by atoms with Gasteiger partial charge in [-0.2, -0.15) is 4.98 Å². The molecule has 3 aromatic rings. The van der Waals surface area contributed by atoms with Gasteiger partial charge in [-0.15, -0.1) is 0 Å². The van der Waals surface area contributed by atoms with Crippen molar-refractivity contribution in [3.63, 3.8) is 0 Å². The van der Waals surface area contributed by atoms with Gasteiger partial charge in [0.1, 0.15) is 5.82 Å². The van der Waals surface area contributed by atoms with Crippen LogP contribution in [-0.2, 0) is 0 Å². The van der Waals surface area contributed by atoms with Crippen LogP contribution in [0.15, 0.2) is 28.8 Å². The summed E-state index contributed by atoms with van der Waals surface area (Å²) in [6, 6.07) is 9.73. The maximum atomic E-state index is 5.53. The molecule has 1 saturated carbocycles. The van der Waals surface area contributed by atoms with Crippen LogP contribution >= 0.6 is 0 Å². The van der Waals surface area contributed by atoms with Gasteiger partial charge in [0, 0.05) is 30.6 Å². The first-order valence-corrected chi connectivity index (χ1v) is 10.9. The first-order chi connectivity index (χ1) is 14.2. The van der Waals surface area contributed by atoms with Gasteiger partial charge >= 0.3 is 0 Å². The van der Waals surface area contributed by atoms with E-state index in [-0.39, 0.29) is 0 Å². The second-order valence-electron chi connectivity index (χ2n) is 8.64. The van der Waals surface area contributed by atoms with Gasteiger partial charge in [-0.1, -0.05) is 36.0 Å². The van der Waals surface area contributed by atoms with Crippen molar-refractivity contribution in [3.05, 3.63) is 35.7 Å². The van der Waals surface area contributed by atoms with Crippen molar-refractivity contribution in [2.24, 2.45) is 0 Å². The van der Waals surface area contributed by atoms with Crippen LogP contribution in [0.2, 0.25) is 0 Å². The smallest absolute Gasteiger partial charge is 0.261 e. The lowest BCUT2D eigenvalue weighted by Crippen LogP contribution is -2.41. The van der Waals surface area contributed by atoms with Gasteiger partial charge in [-0.25, -0.2) is 4.98 Å². The van der Waals surface area contributed by atoms with Crippen LogP contribution in [0.25, 0.3) is 22.4 Å². The van der Waals surface area contributed by atoms with Crippen molar-refractivity contribution in [2.75, 3.05) is 18.0 Å². The molecule has 6 heteroatoms. The van der Waals surface area contributed by atoms with Crippen molar-refractivity contribution in [3.8, 4) is 11.5 Å². The Bertz CT molecular complexity index is 1010. The molecule has 6 nitrogen and oxygen atoms in total. The molecule has 5 rings (SSSR count). The molecular weight excluding hydrogens is 362 g/mol. The number of aromatic nitrogens is 3. The van der Waals surface area contributed by atoms with Gasteiger partial charge in [0.05, 0.1) is 11.1 Å². The molecule has 29 heavy (non-hydrogen) atoms. The molecule has 1 aliphatic carbocycles. The number of hydrogen-bond donors (Lipinski definition) is 1. The Morgan fingerprint density at radius 1 is 1.00 bits per heavy atom. The van der Waals surface area contributed by atoms with E-state index in [1.54, 1.807) is 0 Å². The normalized spacial score (nSPS) is 20.6. The number of benzene rings is 1. The number of rotatable bonds is 4. The van der Waals surface area contributed by atoms with E-state index in [2.05, 4.69) is 51.5 Å². The van der Waals surface area contributed by atoms with E-state index in [9.17, 15) is 0 Å². The van der Waals surface area contributed by atoms with E-state index in [0.717, 1.165) is 41.8 Å². The highest BCUT2D eigenvalue weighted by molar-refractivity contribution is 5.88. The van der Waals surface area contributed by atoms with Crippen LogP contribution in [0.5, 0.6) is 0 Å². The van der Waals surface area contributed by atoms with E-state index in [4.69, 9.17) is 9.51 Å². The molecule has 152 valence electrons. The van der Waals surface area contributed by atoms with Gasteiger partial charge in [0.15, 0.2) is 5.82 Å². The number of nitrogens with zero attached hydrogens (tertiary/aromatic N) is 4. The average Bonchev–Trinajstić information content (AvgIpc) is 3.37. The molecule has 2 fully saturated rings. The fraction of sp³-hybridized carbons (Fsp3) is 0.522. The Morgan fingerprint density at radius 2 is 1.86 bits per heavy atom. The maximum absolute atomic E-state index is 5.53. The summed E-state index contributed by atoms with van der Waals surface area (Å²) in [5.74, 6) is 2.16. The summed E-state index contributed by atoms with van der Waals surface area (Å²) < 4.78 is 5.53. The number of hydrogen-bond acceptors (Lipinski definition) is 6. The Hall–Kier alpha value is -2.47. The highest BCUT2D eigenvalue weighted by Crippen LogP contribution is 2.34. The van der Waals surface area contributed by atoms with Crippen LogP contribution < -0.4 is 10.2 Å². The zero-order valence-corrected chi connectivity index (χ0v) is 17.3. The highest BCUT2D eigenvalue weighted by atomic mass is 16.5. The summed E-state index contributed by atoms with van der Waals surface area (Å²) in [5, 5.41) is 9.02. The topological polar surface area (TPSA) is 67.1 Å². The summed E-state index contributed by atoms with van der Waals surface area (Å²) >= 11 is 0. The Kier molecular flexibility index (Phi) is 4.96. The summed E-state index contributed by atoms with van der Waals surface area (Å²) in [7, 11) is 0. The van der Waals surface area contributed by atoms with Crippen LogP contribution in [0, 0.1) is 13.8 Å². The Labute approximate surface area is 171 Å². The maximum Gasteiger partial charge on any atom is 0.261 e. The minimum atomic E-state index is 0.519. The predicted octanol–water partition coefficient (Wildman–Crippen LogP) is 4.40. The summed E-state index contributed by atoms with van der Waals surface area (Å²) in [5.41, 5.74) is 3.16. The molecule has 0 radical (unpaired) electrons. The van der Waals surface area contributed by atoms with E-state index in [1.165, 1.54) is 37.7 Å². The van der Waals surface area contributed by atoms with Crippen LogP contribution in [-0.4, -0.2) is 40.3 Å². The monoisotopic (exact) mass is 391 g/mol. The molecule has 0 bridgehead atoms. The third kappa shape index (κ3) is 3.86. The number of pyridine rings is 1. The van der Waals surface area contributed by atoms with Gasteiger partial charge in [0.2, 0.25) is 0 Å². The predicted molar refractivity (Wildman–Crippen MR) is 115 cm³/mol. The number of fused-ring (bicyclic) bond motifs is 1. The SMILES string of the molecule is Cc1ccc2nc(N3CCC(NC4CCCCC4)C3)c(-c3nc(C)no3)cc2c1. The average molecular weight is 392 g/mol. The first-order valence-electron chi connectivity index (χ1n) is 10.9. The molecule has 0 spiro atoms. The lowest BCUT2D eigenvalue weighted by atomic mass is 9.95. The molecule has 1 atom stereocenters. The summed E-state index contributed by atoms with van der Waals surface area (Å²) in [4.78, 5) is 11.9. The summed E-state index contributed by atoms with van der Waals surface area (Å²) in [6.45, 7) is 5.92. The molecule has 1 aromatic carbocycles. The quantitative estimate of drug-likeness (QED) is 0.711. The second kappa shape index (κ2) is 7.75. The van der Waals surface area contributed by atoms with E-state index >= 15 is 0 Å². The molecular formula is C23H29N5O. The van der Waals surface area contributed by atoms with E-state index in [0.29, 0.717) is 23.8 Å². The van der Waals surface area contributed by atoms with Gasteiger partial charge in [0.25, 0.3) is 5.89 Å². The fourth-order valence-electron chi connectivity index (χ4n) is 4.78. The molecule has 2 aliphatic rings. The third-order valence-corrected chi connectivity index (χ3v) is 6.27. The van der Waals surface area contributed by atoms with Crippen molar-refractivity contribution >= 4 is 16.7 Å². The minimum Gasteiger partial charge on any atom is -0.354 e. The molecule has 1 N–H and O–H groups in total. The number of anilines is 1. The van der Waals surface area contributed by atoms with Gasteiger partial charge in [-0.3, -0.25) is 0 Å². The highest BCUT2D eigenvalue weighted by Gasteiger charge is 2.29. The Balaban J connectivity index is 1.46. The first kappa shape index (κ1) is 18.6. The van der Waals surface area contributed by atoms with Gasteiger partial charge < -0.3 is 14.7 Å². The number of nitrogens with one attached hydrogen (secondary N) is 1. The fourth-order valence-corrected chi connectivity index (χ4v) is 4.78. The van der Waals surface area contributed by atoms with Crippen molar-refractivity contribution in [1.29, 1.82) is 0 Å². The molecule has 2 aromatic heterocycles. The minimum absolute atomic E-state index is 0.519. The molecule has 1 aliphatic heterocycles. The zero-order valence-electron chi connectivity index (χ0n) is 17.3. The van der Waals surface area contributed by atoms with Crippen molar-refractivity contribution in [1.82, 2.24) is 20.4 Å². The van der Waals surface area contributed by atoms with Crippen LogP contribution in [0.1, 0.15) is 49.9 Å². The number of aryl methyl sites for hydroxylation is 2. The molecule has 0 amide bonds. The Morgan fingerprint density at radius 3 is 2.66 bits per heavy atom. The van der Waals surface area contributed by atoms with Crippen LogP contribution in [0.3, 0.4) is 0 Å². The molecule has 3 heterocycles. The van der Waals surface area contributed by atoms with Crippen LogP contribution in [0.4, 0.5) is 5.82 Å². The lowest BCUT2D eigenvalue weighted by molar-refractivity contribution is 0.344. The standard InChI is InChI=1S/C23H29N5O/c1-15-8-9-21-17(12-15)13-20(23-24-16(2)27-29-23)22(26-21)28-11-10-19(14-28)25-18-6-4-3-5-7-18/h8-9,12-13,18-19,25H,3-7,10-11,14H2,1-2H3. The second-order valence-corrected chi connectivity index (χ2v) is 8.64. The van der Waals surface area contributed by atoms with E-state index in [1.807, 2.05) is 6.92 Å². The van der Waals surface area contributed by atoms with E-state index < -0.39 is 0 Å². The van der Waals surface area contributed by atoms with Crippen molar-refractivity contribution in [2.45, 2.75) is 64.5 Å². The summed E-state index contributed by atoms with van der Waals surface area (Å²) in [6.07, 6.45) is 7.89. The van der Waals surface area contributed by atoms with Crippen molar-refractivity contribution < 1.29 is 4.52 Å². The lowest BCUT2D eigenvalue weighted by Gasteiger charge is -2.27. The zero-order chi connectivity index (χ0) is 19.8. The molecule has 1 saturated heterocycles. The third-order valence-electron chi connectivity index (χ3n) is 6.27. The molecule has 1 unspecified atom stereocenters.